The number of halogens is 1. The van der Waals surface area contributed by atoms with Gasteiger partial charge < -0.3 is 15.0 Å². The van der Waals surface area contributed by atoms with Crippen molar-refractivity contribution in [1.29, 1.82) is 0 Å². The molecular formula is C24H27FN2O3. The Morgan fingerprint density at radius 2 is 1.73 bits per heavy atom. The van der Waals surface area contributed by atoms with Gasteiger partial charge in [0.1, 0.15) is 11.6 Å². The molecule has 2 aromatic rings. The molecule has 4 rings (SSSR count). The van der Waals surface area contributed by atoms with Crippen molar-refractivity contribution in [3.63, 3.8) is 0 Å². The van der Waals surface area contributed by atoms with Crippen LogP contribution in [0.2, 0.25) is 0 Å². The zero-order valence-electron chi connectivity index (χ0n) is 17.1. The molecular weight excluding hydrogens is 383 g/mol. The number of ether oxygens (including phenoxy) is 1. The van der Waals surface area contributed by atoms with Crippen molar-refractivity contribution in [2.24, 2.45) is 0 Å². The number of rotatable bonds is 6. The van der Waals surface area contributed by atoms with E-state index in [4.69, 9.17) is 4.74 Å². The minimum absolute atomic E-state index is 0.0401. The third kappa shape index (κ3) is 4.32. The normalized spacial score (nSPS) is 22.6. The van der Waals surface area contributed by atoms with Crippen LogP contribution >= 0.6 is 0 Å². The van der Waals surface area contributed by atoms with Crippen LogP contribution in [0, 0.1) is 5.82 Å². The van der Waals surface area contributed by atoms with Gasteiger partial charge in [-0.05, 0) is 68.0 Å². The summed E-state index contributed by atoms with van der Waals surface area (Å²) in [6.45, 7) is 0. The topological polar surface area (TPSA) is 58.6 Å². The van der Waals surface area contributed by atoms with Crippen LogP contribution in [-0.2, 0) is 11.2 Å². The van der Waals surface area contributed by atoms with Crippen molar-refractivity contribution in [2.45, 2.75) is 56.7 Å². The summed E-state index contributed by atoms with van der Waals surface area (Å²) in [6.07, 6.45) is 4.61. The van der Waals surface area contributed by atoms with Gasteiger partial charge >= 0.3 is 0 Å². The van der Waals surface area contributed by atoms with Crippen molar-refractivity contribution < 1.29 is 18.7 Å². The molecule has 0 aromatic heterocycles. The number of piperidine rings is 1. The molecule has 158 valence electrons. The van der Waals surface area contributed by atoms with E-state index in [1.54, 1.807) is 7.11 Å². The van der Waals surface area contributed by atoms with Crippen LogP contribution in [0.15, 0.2) is 48.5 Å². The molecule has 0 spiro atoms. The highest BCUT2D eigenvalue weighted by molar-refractivity contribution is 5.94. The van der Waals surface area contributed by atoms with Crippen LogP contribution in [0.4, 0.5) is 4.39 Å². The fraction of sp³-hybridized carbons (Fsp3) is 0.417. The fourth-order valence-corrected chi connectivity index (χ4v) is 4.85. The fourth-order valence-electron chi connectivity index (χ4n) is 4.85. The minimum atomic E-state index is -0.357. The average molecular weight is 410 g/mol. The SMILES string of the molecule is COc1ccccc1CCC(=O)N1[C@@H]2CC[C@H]1CC(NC(=O)c1ccc(F)cc1)C2. The van der Waals surface area contributed by atoms with E-state index in [0.717, 1.165) is 37.0 Å². The molecule has 3 atom stereocenters. The number of benzene rings is 2. The molecule has 5 nitrogen and oxygen atoms in total. The number of nitrogens with one attached hydrogen (secondary N) is 1. The molecule has 2 saturated heterocycles. The van der Waals surface area contributed by atoms with Crippen LogP contribution < -0.4 is 10.1 Å². The first-order valence-corrected chi connectivity index (χ1v) is 10.5. The lowest BCUT2D eigenvalue weighted by Gasteiger charge is -2.39. The number of aryl methyl sites for hydroxylation is 1. The summed E-state index contributed by atoms with van der Waals surface area (Å²) in [7, 11) is 1.64. The molecule has 0 aliphatic carbocycles. The molecule has 2 aromatic carbocycles. The van der Waals surface area contributed by atoms with Gasteiger partial charge in [-0.3, -0.25) is 9.59 Å². The van der Waals surface area contributed by atoms with E-state index in [-0.39, 0.29) is 35.8 Å². The highest BCUT2D eigenvalue weighted by atomic mass is 19.1. The van der Waals surface area contributed by atoms with Crippen molar-refractivity contribution in [1.82, 2.24) is 10.2 Å². The maximum absolute atomic E-state index is 13.1. The molecule has 0 radical (unpaired) electrons. The largest absolute Gasteiger partial charge is 0.496 e. The van der Waals surface area contributed by atoms with E-state index in [1.807, 2.05) is 24.3 Å². The summed E-state index contributed by atoms with van der Waals surface area (Å²) in [6, 6.07) is 13.8. The quantitative estimate of drug-likeness (QED) is 0.790. The summed E-state index contributed by atoms with van der Waals surface area (Å²) in [5, 5.41) is 3.07. The second-order valence-corrected chi connectivity index (χ2v) is 8.15. The molecule has 1 unspecified atom stereocenters. The molecule has 6 heteroatoms. The molecule has 2 bridgehead atoms. The molecule has 2 fully saturated rings. The van der Waals surface area contributed by atoms with Crippen LogP contribution in [0.3, 0.4) is 0 Å². The summed E-state index contributed by atoms with van der Waals surface area (Å²) < 4.78 is 18.5. The standard InChI is InChI=1S/C24H27FN2O3/c1-30-22-5-3-2-4-16(22)8-13-23(28)27-20-11-12-21(27)15-19(14-20)26-24(29)17-6-9-18(25)10-7-17/h2-7,9-10,19-21H,8,11-15H2,1H3,(H,26,29)/t19?,20-,21+. The maximum Gasteiger partial charge on any atom is 0.251 e. The zero-order chi connectivity index (χ0) is 21.1. The second kappa shape index (κ2) is 8.86. The van der Waals surface area contributed by atoms with Gasteiger partial charge in [-0.15, -0.1) is 0 Å². The van der Waals surface area contributed by atoms with E-state index in [9.17, 15) is 14.0 Å². The Bertz CT molecular complexity index is 901. The van der Waals surface area contributed by atoms with E-state index < -0.39 is 0 Å². The third-order valence-corrected chi connectivity index (χ3v) is 6.26. The summed E-state index contributed by atoms with van der Waals surface area (Å²) in [4.78, 5) is 27.5. The van der Waals surface area contributed by atoms with E-state index in [1.165, 1.54) is 24.3 Å². The van der Waals surface area contributed by atoms with Crippen molar-refractivity contribution in [3.05, 3.63) is 65.5 Å². The Balaban J connectivity index is 1.34. The van der Waals surface area contributed by atoms with Gasteiger partial charge in [0.05, 0.1) is 7.11 Å². The predicted octanol–water partition coefficient (Wildman–Crippen LogP) is 3.72. The third-order valence-electron chi connectivity index (χ3n) is 6.26. The van der Waals surface area contributed by atoms with Gasteiger partial charge in [0.25, 0.3) is 5.91 Å². The van der Waals surface area contributed by atoms with Gasteiger partial charge in [0.2, 0.25) is 5.91 Å². The Labute approximate surface area is 176 Å². The lowest BCUT2D eigenvalue weighted by Crippen LogP contribution is -2.52. The highest BCUT2D eigenvalue weighted by Crippen LogP contribution is 2.36. The summed E-state index contributed by atoms with van der Waals surface area (Å²) in [5.41, 5.74) is 1.50. The molecule has 2 aliphatic heterocycles. The molecule has 2 amide bonds. The number of nitrogens with zero attached hydrogens (tertiary/aromatic N) is 1. The number of amides is 2. The van der Waals surface area contributed by atoms with Crippen molar-refractivity contribution in [3.8, 4) is 5.75 Å². The predicted molar refractivity (Wildman–Crippen MR) is 112 cm³/mol. The van der Waals surface area contributed by atoms with Crippen molar-refractivity contribution in [2.75, 3.05) is 7.11 Å². The number of hydrogen-bond donors (Lipinski definition) is 1. The van der Waals surface area contributed by atoms with Gasteiger partial charge in [0, 0.05) is 30.1 Å². The number of fused-ring (bicyclic) bond motifs is 2. The van der Waals surface area contributed by atoms with E-state index in [0.29, 0.717) is 18.4 Å². The van der Waals surface area contributed by atoms with Crippen molar-refractivity contribution >= 4 is 11.8 Å². The first kappa shape index (κ1) is 20.4. The first-order valence-electron chi connectivity index (χ1n) is 10.5. The van der Waals surface area contributed by atoms with Crippen LogP contribution in [0.1, 0.15) is 48.0 Å². The maximum atomic E-state index is 13.1. The number of methoxy groups -OCH3 is 1. The number of para-hydroxylation sites is 1. The Morgan fingerprint density at radius 3 is 2.40 bits per heavy atom. The van der Waals surface area contributed by atoms with E-state index >= 15 is 0 Å². The Morgan fingerprint density at radius 1 is 1.07 bits per heavy atom. The smallest absolute Gasteiger partial charge is 0.251 e. The minimum Gasteiger partial charge on any atom is -0.496 e. The zero-order valence-corrected chi connectivity index (χ0v) is 17.1. The van der Waals surface area contributed by atoms with Gasteiger partial charge in [-0.1, -0.05) is 18.2 Å². The molecule has 2 heterocycles. The van der Waals surface area contributed by atoms with Crippen LogP contribution in [0.5, 0.6) is 5.75 Å². The molecule has 0 saturated carbocycles. The highest BCUT2D eigenvalue weighted by Gasteiger charge is 2.43. The number of carbonyl (C=O) groups is 2. The van der Waals surface area contributed by atoms with Gasteiger partial charge in [-0.25, -0.2) is 4.39 Å². The monoisotopic (exact) mass is 410 g/mol. The van der Waals surface area contributed by atoms with Gasteiger partial charge in [-0.2, -0.15) is 0 Å². The van der Waals surface area contributed by atoms with Crippen LogP contribution in [-0.4, -0.2) is 41.9 Å². The van der Waals surface area contributed by atoms with Gasteiger partial charge in [0.15, 0.2) is 0 Å². The Hall–Kier alpha value is -2.89. The lowest BCUT2D eigenvalue weighted by molar-refractivity contribution is -0.135. The Kier molecular flexibility index (Phi) is 6.02. The van der Waals surface area contributed by atoms with Crippen LogP contribution in [0.25, 0.3) is 0 Å². The first-order chi connectivity index (χ1) is 14.5. The average Bonchev–Trinajstić information content (AvgIpc) is 3.03. The lowest BCUT2D eigenvalue weighted by atomic mass is 9.96. The summed E-state index contributed by atoms with van der Waals surface area (Å²) >= 11 is 0. The number of hydrogen-bond acceptors (Lipinski definition) is 3. The molecule has 30 heavy (non-hydrogen) atoms. The molecule has 1 N–H and O–H groups in total. The summed E-state index contributed by atoms with van der Waals surface area (Å²) in [5.74, 6) is 0.451. The number of carbonyl (C=O) groups excluding carboxylic acids is 2. The van der Waals surface area contributed by atoms with E-state index in [2.05, 4.69) is 10.2 Å². The molecule has 2 aliphatic rings. The second-order valence-electron chi connectivity index (χ2n) is 8.15.